The number of benzene rings is 5. The SMILES string of the molecule is COc1cccc(C(=O)Nc2c(C)ccc3ccc(NS(=O)(=O)c4cc(-c5cccc(C(=O)N(C)C)c5)ccc4OC)cc23)c1. The molecule has 5 aromatic rings. The predicted octanol–water partition coefficient (Wildman–Crippen LogP) is 6.59. The number of hydrogen-bond acceptors (Lipinski definition) is 6. The first-order valence-electron chi connectivity index (χ1n) is 14.0. The number of rotatable bonds is 9. The lowest BCUT2D eigenvalue weighted by atomic mass is 10.0. The summed E-state index contributed by atoms with van der Waals surface area (Å²) in [5.41, 5.74) is 3.86. The van der Waals surface area contributed by atoms with Crippen molar-refractivity contribution >= 4 is 44.0 Å². The Bertz CT molecular complexity index is 2040. The van der Waals surface area contributed by atoms with E-state index in [0.29, 0.717) is 44.8 Å². The van der Waals surface area contributed by atoms with Crippen LogP contribution in [0.1, 0.15) is 26.3 Å². The Kier molecular flexibility index (Phi) is 8.78. The van der Waals surface area contributed by atoms with Gasteiger partial charge in [-0.05, 0) is 83.6 Å². The summed E-state index contributed by atoms with van der Waals surface area (Å²) >= 11 is 0. The van der Waals surface area contributed by atoms with E-state index in [0.717, 1.165) is 10.9 Å². The van der Waals surface area contributed by atoms with Gasteiger partial charge < -0.3 is 19.7 Å². The van der Waals surface area contributed by atoms with Crippen LogP contribution in [0.5, 0.6) is 11.5 Å². The van der Waals surface area contributed by atoms with Gasteiger partial charge in [0.15, 0.2) is 0 Å². The van der Waals surface area contributed by atoms with Gasteiger partial charge in [-0.2, -0.15) is 0 Å². The molecule has 5 rings (SSSR count). The summed E-state index contributed by atoms with van der Waals surface area (Å²) in [6.45, 7) is 1.87. The number of hydrogen-bond donors (Lipinski definition) is 2. The summed E-state index contributed by atoms with van der Waals surface area (Å²) in [6, 6.07) is 27.6. The molecular weight excluding hydrogens is 590 g/mol. The molecule has 0 aliphatic carbocycles. The van der Waals surface area contributed by atoms with Crippen LogP contribution in [0.2, 0.25) is 0 Å². The first-order valence-corrected chi connectivity index (χ1v) is 15.5. The van der Waals surface area contributed by atoms with Crippen molar-refractivity contribution in [2.75, 3.05) is 38.4 Å². The third-order valence-electron chi connectivity index (χ3n) is 7.35. The molecule has 0 atom stereocenters. The minimum absolute atomic E-state index is 0.0669. The second-order valence-corrected chi connectivity index (χ2v) is 12.3. The van der Waals surface area contributed by atoms with Crippen molar-refractivity contribution in [2.24, 2.45) is 0 Å². The van der Waals surface area contributed by atoms with E-state index in [1.165, 1.54) is 25.2 Å². The maximum absolute atomic E-state index is 13.8. The number of sulfonamides is 1. The van der Waals surface area contributed by atoms with E-state index in [9.17, 15) is 18.0 Å². The van der Waals surface area contributed by atoms with Gasteiger partial charge in [-0.25, -0.2) is 8.42 Å². The number of aryl methyl sites for hydroxylation is 1. The van der Waals surface area contributed by atoms with Crippen molar-refractivity contribution in [3.05, 3.63) is 114 Å². The van der Waals surface area contributed by atoms with Crippen LogP contribution in [0.15, 0.2) is 102 Å². The molecule has 45 heavy (non-hydrogen) atoms. The molecule has 0 aliphatic heterocycles. The Labute approximate surface area is 262 Å². The zero-order valence-electron chi connectivity index (χ0n) is 25.5. The van der Waals surface area contributed by atoms with Crippen LogP contribution in [-0.4, -0.2) is 53.4 Å². The van der Waals surface area contributed by atoms with Crippen LogP contribution >= 0.6 is 0 Å². The zero-order chi connectivity index (χ0) is 32.3. The molecule has 0 heterocycles. The average molecular weight is 624 g/mol. The largest absolute Gasteiger partial charge is 0.497 e. The summed E-state index contributed by atoms with van der Waals surface area (Å²) < 4.78 is 41.0. The number of ether oxygens (including phenoxy) is 2. The zero-order valence-corrected chi connectivity index (χ0v) is 26.4. The van der Waals surface area contributed by atoms with Crippen molar-refractivity contribution in [1.29, 1.82) is 0 Å². The molecule has 2 N–H and O–H groups in total. The van der Waals surface area contributed by atoms with Gasteiger partial charge in [-0.15, -0.1) is 0 Å². The third-order valence-corrected chi connectivity index (χ3v) is 8.76. The number of fused-ring (bicyclic) bond motifs is 1. The molecule has 0 saturated heterocycles. The van der Waals surface area contributed by atoms with Gasteiger partial charge in [-0.1, -0.05) is 42.5 Å². The topological polar surface area (TPSA) is 114 Å². The Morgan fingerprint density at radius 1 is 0.756 bits per heavy atom. The molecule has 230 valence electrons. The normalized spacial score (nSPS) is 11.1. The monoisotopic (exact) mass is 623 g/mol. The summed E-state index contributed by atoms with van der Waals surface area (Å²) in [4.78, 5) is 27.1. The number of carbonyl (C=O) groups is 2. The molecule has 0 unspecified atom stereocenters. The first kappa shape index (κ1) is 31.1. The summed E-state index contributed by atoms with van der Waals surface area (Å²) in [7, 11) is 2.14. The average Bonchev–Trinajstić information content (AvgIpc) is 3.05. The van der Waals surface area contributed by atoms with Crippen molar-refractivity contribution < 1.29 is 27.5 Å². The second kappa shape index (κ2) is 12.7. The Balaban J connectivity index is 1.50. The lowest BCUT2D eigenvalue weighted by Crippen LogP contribution is -2.21. The van der Waals surface area contributed by atoms with E-state index in [-0.39, 0.29) is 22.5 Å². The summed E-state index contributed by atoms with van der Waals surface area (Å²) in [6.07, 6.45) is 0. The minimum atomic E-state index is -4.14. The van der Waals surface area contributed by atoms with Crippen LogP contribution in [-0.2, 0) is 10.0 Å². The first-order chi connectivity index (χ1) is 21.5. The van der Waals surface area contributed by atoms with Gasteiger partial charge in [0.1, 0.15) is 16.4 Å². The van der Waals surface area contributed by atoms with Crippen LogP contribution in [0.25, 0.3) is 21.9 Å². The fourth-order valence-electron chi connectivity index (χ4n) is 4.97. The maximum atomic E-state index is 13.8. The van der Waals surface area contributed by atoms with E-state index in [4.69, 9.17) is 9.47 Å². The number of anilines is 2. The van der Waals surface area contributed by atoms with Gasteiger partial charge in [0.25, 0.3) is 21.8 Å². The predicted molar refractivity (Wildman–Crippen MR) is 177 cm³/mol. The molecular formula is C35H33N3O6S. The molecule has 0 bridgehead atoms. The molecule has 10 heteroatoms. The third kappa shape index (κ3) is 6.61. The molecule has 5 aromatic carbocycles. The van der Waals surface area contributed by atoms with Gasteiger partial charge in [0.05, 0.1) is 19.9 Å². The standard InChI is InChI=1S/C35H33N3O6S/c1-22-12-13-23-14-16-28(21-30(23)33(22)36-34(39)26-9-7-11-29(19-26)43-4)37-45(41,42)32-20-25(15-17-31(32)44-5)24-8-6-10-27(18-24)35(40)38(2)3/h6-21,37H,1-5H3,(H,36,39). The smallest absolute Gasteiger partial charge is 0.265 e. The van der Waals surface area contributed by atoms with E-state index in [1.807, 2.05) is 25.1 Å². The number of carbonyl (C=O) groups excluding carboxylic acids is 2. The highest BCUT2D eigenvalue weighted by molar-refractivity contribution is 7.92. The second-order valence-electron chi connectivity index (χ2n) is 10.6. The van der Waals surface area contributed by atoms with E-state index < -0.39 is 10.0 Å². The van der Waals surface area contributed by atoms with Crippen LogP contribution in [0.4, 0.5) is 11.4 Å². The van der Waals surface area contributed by atoms with Crippen molar-refractivity contribution in [3.63, 3.8) is 0 Å². The molecule has 9 nitrogen and oxygen atoms in total. The molecule has 0 saturated carbocycles. The highest BCUT2D eigenvalue weighted by atomic mass is 32.2. The lowest BCUT2D eigenvalue weighted by molar-refractivity contribution is 0.0827. The van der Waals surface area contributed by atoms with Gasteiger partial charge in [0.2, 0.25) is 0 Å². The van der Waals surface area contributed by atoms with Crippen molar-refractivity contribution in [1.82, 2.24) is 4.90 Å². The molecule has 0 radical (unpaired) electrons. The highest BCUT2D eigenvalue weighted by Gasteiger charge is 2.22. The molecule has 0 aromatic heterocycles. The fraction of sp³-hybridized carbons (Fsp3) is 0.143. The molecule has 0 aliphatic rings. The molecule has 2 amide bonds. The molecule has 0 fully saturated rings. The Hall–Kier alpha value is -5.35. The number of amides is 2. The quantitative estimate of drug-likeness (QED) is 0.192. The summed E-state index contributed by atoms with van der Waals surface area (Å²) in [5.74, 6) is 0.233. The minimum Gasteiger partial charge on any atom is -0.497 e. The number of nitrogens with one attached hydrogen (secondary N) is 2. The maximum Gasteiger partial charge on any atom is 0.265 e. The van der Waals surface area contributed by atoms with Crippen molar-refractivity contribution in [3.8, 4) is 22.6 Å². The van der Waals surface area contributed by atoms with Crippen LogP contribution in [0.3, 0.4) is 0 Å². The number of nitrogens with zero attached hydrogens (tertiary/aromatic N) is 1. The Morgan fingerprint density at radius 3 is 2.20 bits per heavy atom. The highest BCUT2D eigenvalue weighted by Crippen LogP contribution is 2.34. The van der Waals surface area contributed by atoms with Crippen molar-refractivity contribution in [2.45, 2.75) is 11.8 Å². The van der Waals surface area contributed by atoms with Crippen LogP contribution < -0.4 is 19.5 Å². The number of methoxy groups -OCH3 is 2. The molecule has 0 spiro atoms. The van der Waals surface area contributed by atoms with Crippen LogP contribution in [0, 0.1) is 6.92 Å². The fourth-order valence-corrected chi connectivity index (χ4v) is 6.22. The van der Waals surface area contributed by atoms with E-state index >= 15 is 0 Å². The van der Waals surface area contributed by atoms with Gasteiger partial charge in [0, 0.05) is 36.3 Å². The van der Waals surface area contributed by atoms with Gasteiger partial charge >= 0.3 is 0 Å². The summed E-state index contributed by atoms with van der Waals surface area (Å²) in [5, 5.41) is 4.46. The lowest BCUT2D eigenvalue weighted by Gasteiger charge is -2.16. The Morgan fingerprint density at radius 2 is 1.47 bits per heavy atom. The van der Waals surface area contributed by atoms with E-state index in [2.05, 4.69) is 10.0 Å². The van der Waals surface area contributed by atoms with E-state index in [1.54, 1.807) is 86.9 Å². The van der Waals surface area contributed by atoms with Gasteiger partial charge in [-0.3, -0.25) is 14.3 Å².